The molecule has 0 spiro atoms. The summed E-state index contributed by atoms with van der Waals surface area (Å²) in [5.41, 5.74) is 2.71. The van der Waals surface area contributed by atoms with Gasteiger partial charge >= 0.3 is 37.7 Å². The zero-order valence-electron chi connectivity index (χ0n) is 38.2. The van der Waals surface area contributed by atoms with Gasteiger partial charge in [-0.25, -0.2) is 16.8 Å². The van der Waals surface area contributed by atoms with Crippen molar-refractivity contribution in [1.29, 1.82) is 0 Å². The molecule has 2 aromatic rings. The minimum Gasteiger partial charge on any atom is -0.745 e. The maximum absolute atomic E-state index is 11.9. The Morgan fingerprint density at radius 3 is 0.721 bits per heavy atom. The van der Waals surface area contributed by atoms with Crippen LogP contribution in [0.5, 0.6) is 0 Å². The van der Waals surface area contributed by atoms with Crippen LogP contribution in [-0.4, -0.2) is 73.7 Å². The standard InChI is InChI=1S/2C24H42N2O3S.Ca/c2*1-2-3-4-5-6-7-8-9-10-11-12-13-14-15-18-21-24(30(27,28)29)25-22-19-16-17-20-23(22)26-24;/h2*16-17,19-20,25-26H,2-15,18,21H2,1H3,(H,27,28,29);/q;;+2/p-2. The molecular formula is C48H82CaN4O6S2. The van der Waals surface area contributed by atoms with E-state index < -0.39 is 30.2 Å². The maximum atomic E-state index is 11.9. The van der Waals surface area contributed by atoms with Gasteiger partial charge in [-0.3, -0.25) is 0 Å². The van der Waals surface area contributed by atoms with Crippen molar-refractivity contribution in [3.8, 4) is 0 Å². The van der Waals surface area contributed by atoms with Crippen LogP contribution in [0.1, 0.15) is 219 Å². The second kappa shape index (κ2) is 31.6. The van der Waals surface area contributed by atoms with Crippen LogP contribution in [-0.2, 0) is 20.2 Å². The molecule has 0 bridgehead atoms. The van der Waals surface area contributed by atoms with Crippen LogP contribution < -0.4 is 21.3 Å². The van der Waals surface area contributed by atoms with Crippen LogP contribution >= 0.6 is 0 Å². The Kier molecular flexibility index (Phi) is 28.9. The second-order valence-electron chi connectivity index (χ2n) is 17.6. The number of fused-ring (bicyclic) bond motifs is 2. The summed E-state index contributed by atoms with van der Waals surface area (Å²) in [6, 6.07) is 14.5. The van der Waals surface area contributed by atoms with E-state index in [0.29, 0.717) is 35.6 Å². The van der Waals surface area contributed by atoms with E-state index in [0.717, 1.165) is 25.7 Å². The maximum Gasteiger partial charge on any atom is 2.00 e. The van der Waals surface area contributed by atoms with Gasteiger partial charge in [0.1, 0.15) is 20.2 Å². The molecule has 2 aliphatic heterocycles. The van der Waals surface area contributed by atoms with Gasteiger partial charge in [-0.1, -0.05) is 218 Å². The third kappa shape index (κ3) is 21.1. The Morgan fingerprint density at radius 2 is 0.541 bits per heavy atom. The van der Waals surface area contributed by atoms with Gasteiger partial charge in [-0.05, 0) is 37.1 Å². The number of hydrogen-bond donors (Lipinski definition) is 4. The molecule has 344 valence electrons. The summed E-state index contributed by atoms with van der Waals surface area (Å²) in [4.78, 5) is -3.21. The molecule has 0 amide bonds. The Bertz CT molecular complexity index is 1490. The van der Waals surface area contributed by atoms with E-state index >= 15 is 0 Å². The fourth-order valence-electron chi connectivity index (χ4n) is 8.58. The van der Waals surface area contributed by atoms with Gasteiger partial charge in [0.15, 0.2) is 0 Å². The summed E-state index contributed by atoms with van der Waals surface area (Å²) in [7, 11) is -9.05. The van der Waals surface area contributed by atoms with Gasteiger partial charge in [-0.15, -0.1) is 0 Å². The molecule has 0 radical (unpaired) electrons. The molecule has 61 heavy (non-hydrogen) atoms. The van der Waals surface area contributed by atoms with Crippen molar-refractivity contribution in [3.63, 3.8) is 0 Å². The number of hydrogen-bond acceptors (Lipinski definition) is 10. The van der Waals surface area contributed by atoms with Gasteiger partial charge in [0.25, 0.3) is 0 Å². The molecule has 0 saturated carbocycles. The Labute approximate surface area is 402 Å². The molecule has 0 saturated heterocycles. The van der Waals surface area contributed by atoms with Crippen molar-refractivity contribution in [3.05, 3.63) is 48.5 Å². The summed E-state index contributed by atoms with van der Waals surface area (Å²) in [6.45, 7) is 4.52. The summed E-state index contributed by atoms with van der Waals surface area (Å²) >= 11 is 0. The van der Waals surface area contributed by atoms with Gasteiger partial charge in [0, 0.05) is 12.8 Å². The molecule has 2 heterocycles. The van der Waals surface area contributed by atoms with Crippen molar-refractivity contribution >= 4 is 80.7 Å². The molecule has 0 unspecified atom stereocenters. The largest absolute Gasteiger partial charge is 2.00 e. The number of rotatable bonds is 34. The summed E-state index contributed by atoms with van der Waals surface area (Å²) in [5.74, 6) is 0. The van der Waals surface area contributed by atoms with Gasteiger partial charge in [-0.2, -0.15) is 0 Å². The first-order valence-corrected chi connectivity index (χ1v) is 27.0. The van der Waals surface area contributed by atoms with Crippen molar-refractivity contribution in [1.82, 2.24) is 0 Å². The smallest absolute Gasteiger partial charge is 0.745 e. The number of benzene rings is 2. The average molecular weight is 915 g/mol. The first-order valence-electron chi connectivity index (χ1n) is 24.2. The van der Waals surface area contributed by atoms with Gasteiger partial charge in [0.2, 0.25) is 9.99 Å². The van der Waals surface area contributed by atoms with Gasteiger partial charge in [0.05, 0.1) is 22.7 Å². The van der Waals surface area contributed by atoms with E-state index in [2.05, 4.69) is 35.1 Å². The monoisotopic (exact) mass is 915 g/mol. The van der Waals surface area contributed by atoms with Crippen molar-refractivity contribution in [2.75, 3.05) is 21.3 Å². The van der Waals surface area contributed by atoms with E-state index in [9.17, 15) is 25.9 Å². The van der Waals surface area contributed by atoms with E-state index in [4.69, 9.17) is 0 Å². The third-order valence-electron chi connectivity index (χ3n) is 12.3. The van der Waals surface area contributed by atoms with Crippen LogP contribution in [0.15, 0.2) is 48.5 Å². The molecule has 4 N–H and O–H groups in total. The number of unbranched alkanes of at least 4 members (excludes halogenated alkanes) is 28. The van der Waals surface area contributed by atoms with Crippen LogP contribution in [0, 0.1) is 0 Å². The number of anilines is 4. The molecule has 13 heteroatoms. The molecule has 4 rings (SSSR count). The molecule has 0 aromatic heterocycles. The van der Waals surface area contributed by atoms with Crippen LogP contribution in [0.4, 0.5) is 22.7 Å². The Hall–Kier alpha value is -1.28. The van der Waals surface area contributed by atoms with Gasteiger partial charge < -0.3 is 30.4 Å². The normalized spacial score (nSPS) is 14.6. The van der Waals surface area contributed by atoms with Crippen molar-refractivity contribution in [2.45, 2.75) is 229 Å². The summed E-state index contributed by atoms with van der Waals surface area (Å²) < 4.78 is 71.5. The third-order valence-corrected chi connectivity index (χ3v) is 14.8. The zero-order chi connectivity index (χ0) is 43.4. The first kappa shape index (κ1) is 55.9. The van der Waals surface area contributed by atoms with E-state index in [-0.39, 0.29) is 50.6 Å². The molecule has 2 aliphatic rings. The molecule has 0 aliphatic carbocycles. The zero-order valence-corrected chi connectivity index (χ0v) is 42.1. The van der Waals surface area contributed by atoms with Crippen molar-refractivity contribution < 1.29 is 25.9 Å². The van der Waals surface area contributed by atoms with E-state index in [1.165, 1.54) is 154 Å². The SMILES string of the molecule is CCCCCCCCCCCCCCCCCC1(S(=O)(=O)[O-])Nc2ccccc2N1.CCCCCCCCCCCCCCCCCC1(S(=O)(=O)[O-])Nc2ccccc2N1.[Ca+2]. The minimum atomic E-state index is -4.52. The Balaban J connectivity index is 0.000000413. The molecule has 10 nitrogen and oxygen atoms in total. The predicted octanol–water partition coefficient (Wildman–Crippen LogP) is 13.6. The molecule has 0 atom stereocenters. The first-order chi connectivity index (χ1) is 29.0. The predicted molar refractivity (Wildman–Crippen MR) is 257 cm³/mol. The van der Waals surface area contributed by atoms with E-state index in [1.807, 2.05) is 24.3 Å². The average Bonchev–Trinajstić information content (AvgIpc) is 3.81. The van der Waals surface area contributed by atoms with Crippen molar-refractivity contribution in [2.24, 2.45) is 0 Å². The fourth-order valence-corrected chi connectivity index (χ4v) is 10.3. The Morgan fingerprint density at radius 1 is 0.361 bits per heavy atom. The van der Waals surface area contributed by atoms with Crippen LogP contribution in [0.25, 0.3) is 0 Å². The summed E-state index contributed by atoms with van der Waals surface area (Å²) in [6.07, 6.45) is 38.3. The van der Waals surface area contributed by atoms with Crippen LogP contribution in [0.2, 0.25) is 0 Å². The molecular weight excluding hydrogens is 833 g/mol. The number of para-hydroxylation sites is 4. The molecule has 2 aromatic carbocycles. The minimum absolute atomic E-state index is 0. The topological polar surface area (TPSA) is 163 Å². The quantitative estimate of drug-likeness (QED) is 0.0302. The van der Waals surface area contributed by atoms with E-state index in [1.54, 1.807) is 24.3 Å². The number of nitrogens with one attached hydrogen (secondary N) is 4. The summed E-state index contributed by atoms with van der Waals surface area (Å²) in [5, 5.41) is 11.7. The second-order valence-corrected chi connectivity index (χ2v) is 20.8. The van der Waals surface area contributed by atoms with Crippen LogP contribution in [0.3, 0.4) is 0 Å². The molecule has 0 fully saturated rings. The fraction of sp³-hybridized carbons (Fsp3) is 0.750.